The second-order valence-corrected chi connectivity index (χ2v) is 15.1. The minimum atomic E-state index is -1.79. The number of hydrogen-bond donors (Lipinski definition) is 2. The molecule has 4 bridgehead atoms. The Labute approximate surface area is 294 Å². The first kappa shape index (κ1) is 38.6. The van der Waals surface area contributed by atoms with Crippen molar-refractivity contribution in [3.63, 3.8) is 0 Å². The van der Waals surface area contributed by atoms with E-state index in [0.29, 0.717) is 17.9 Å². The number of benzene rings is 1. The lowest BCUT2D eigenvalue weighted by atomic mass is 9.83. The van der Waals surface area contributed by atoms with E-state index in [1.807, 2.05) is 64.8 Å². The van der Waals surface area contributed by atoms with Crippen LogP contribution in [-0.4, -0.2) is 104 Å². The van der Waals surface area contributed by atoms with Crippen LogP contribution in [0.15, 0.2) is 35.9 Å². The van der Waals surface area contributed by atoms with E-state index in [9.17, 15) is 19.5 Å². The molecule has 49 heavy (non-hydrogen) atoms. The Morgan fingerprint density at radius 2 is 1.92 bits per heavy atom. The van der Waals surface area contributed by atoms with Gasteiger partial charge in [-0.3, -0.25) is 19.8 Å². The molecule has 3 aliphatic heterocycles. The van der Waals surface area contributed by atoms with E-state index in [-0.39, 0.29) is 29.3 Å². The summed E-state index contributed by atoms with van der Waals surface area (Å²) in [5.74, 6) is -0.938. The predicted octanol–water partition coefficient (Wildman–Crippen LogP) is 4.79. The highest BCUT2D eigenvalue weighted by Gasteiger charge is 2.64. The summed E-state index contributed by atoms with van der Waals surface area (Å²) in [5, 5.41) is 14.5. The molecule has 1 aromatic carbocycles. The minimum Gasteiger partial charge on any atom is -0.495 e. The number of anilines is 1. The van der Waals surface area contributed by atoms with Crippen LogP contribution in [0.3, 0.4) is 0 Å². The van der Waals surface area contributed by atoms with Gasteiger partial charge in [-0.15, -0.1) is 0 Å². The zero-order chi connectivity index (χ0) is 36.6. The number of fused-ring (bicyclic) bond motifs is 5. The molecule has 13 heteroatoms. The number of allylic oxidation sites excluding steroid dienone is 3. The van der Waals surface area contributed by atoms with Crippen molar-refractivity contribution >= 4 is 35.3 Å². The maximum absolute atomic E-state index is 14.1. The summed E-state index contributed by atoms with van der Waals surface area (Å²) in [7, 11) is 6.42. The summed E-state index contributed by atoms with van der Waals surface area (Å²) in [5.41, 5.74) is -1.00. The van der Waals surface area contributed by atoms with Crippen molar-refractivity contribution < 1.29 is 43.2 Å². The Morgan fingerprint density at radius 3 is 2.53 bits per heavy atom. The number of ether oxygens (including phenoxy) is 5. The zero-order valence-electron chi connectivity index (χ0n) is 30.5. The third-order valence-corrected chi connectivity index (χ3v) is 10.6. The molecule has 2 amide bonds. The molecular formula is C36H52ClN3O9. The van der Waals surface area contributed by atoms with Gasteiger partial charge in [-0.2, -0.15) is 0 Å². The molecule has 0 radical (unpaired) electrons. The number of hydrogen-bond acceptors (Lipinski definition) is 10. The standard InChI is InChI=1S/C36H52ClN3O9/c1-20-13-12-14-27(46-11)36(44)19-26(47-33(43)38-36)21(2)31-35(7,49-31)28(48-32(42)22(3)40(9)34(4,5)6)18-29(41)39(8)24-16-23(15-20)17-25(45-10)30(24)37/h12-14,16-17,21-22,26-28,31,44H,15,18-19H2,1-11H3,(H,38,43)/b14-12+,20-13+/t21-,22+,26+,27-,28+,31?,35+,36-/m1/s1. The third kappa shape index (κ3) is 8.26. The first-order chi connectivity index (χ1) is 22.7. The van der Waals surface area contributed by atoms with Crippen molar-refractivity contribution in [2.24, 2.45) is 5.92 Å². The molecule has 0 spiro atoms. The van der Waals surface area contributed by atoms with Crippen LogP contribution < -0.4 is 15.0 Å². The number of esters is 1. The third-order valence-electron chi connectivity index (χ3n) is 10.2. The quantitative estimate of drug-likeness (QED) is 0.325. The fraction of sp³-hybridized carbons (Fsp3) is 0.639. The monoisotopic (exact) mass is 705 g/mol. The van der Waals surface area contributed by atoms with Crippen LogP contribution in [-0.2, 0) is 35.0 Å². The number of nitrogens with zero attached hydrogens (tertiary/aromatic N) is 2. The van der Waals surface area contributed by atoms with E-state index in [4.69, 9.17) is 35.3 Å². The number of rotatable bonds is 5. The van der Waals surface area contributed by atoms with E-state index in [1.165, 1.54) is 19.1 Å². The molecule has 8 atom stereocenters. The van der Waals surface area contributed by atoms with Gasteiger partial charge in [0, 0.05) is 32.0 Å². The fourth-order valence-corrected chi connectivity index (χ4v) is 6.90. The first-order valence-electron chi connectivity index (χ1n) is 16.6. The number of likely N-dealkylation sites (N-methyl/N-ethyl adjacent to an activating group) is 1. The summed E-state index contributed by atoms with van der Waals surface area (Å²) >= 11 is 6.75. The molecule has 0 aliphatic carbocycles. The van der Waals surface area contributed by atoms with Crippen LogP contribution in [0.4, 0.5) is 10.5 Å². The summed E-state index contributed by atoms with van der Waals surface area (Å²) in [6.07, 6.45) is 1.48. The molecule has 0 saturated carbocycles. The molecule has 0 aromatic heterocycles. The van der Waals surface area contributed by atoms with Crippen molar-refractivity contribution in [3.05, 3.63) is 46.5 Å². The molecule has 3 aliphatic rings. The highest BCUT2D eigenvalue weighted by Crippen LogP contribution is 2.49. The minimum absolute atomic E-state index is 0.00888. The van der Waals surface area contributed by atoms with Crippen LogP contribution in [0.5, 0.6) is 5.75 Å². The molecular weight excluding hydrogens is 654 g/mol. The number of amides is 2. The lowest BCUT2D eigenvalue weighted by molar-refractivity contribution is -0.160. The molecule has 1 aromatic rings. The molecule has 2 fully saturated rings. The maximum atomic E-state index is 14.1. The second kappa shape index (κ2) is 14.6. The van der Waals surface area contributed by atoms with E-state index in [0.717, 1.165) is 11.1 Å². The van der Waals surface area contributed by atoms with E-state index in [1.54, 1.807) is 33.0 Å². The van der Waals surface area contributed by atoms with Crippen molar-refractivity contribution in [2.45, 2.75) is 115 Å². The van der Waals surface area contributed by atoms with Crippen molar-refractivity contribution in [2.75, 3.05) is 33.2 Å². The first-order valence-corrected chi connectivity index (χ1v) is 17.0. The Hall–Kier alpha value is -3.16. The molecule has 4 rings (SSSR count). The highest BCUT2D eigenvalue weighted by atomic mass is 35.5. The molecule has 3 heterocycles. The van der Waals surface area contributed by atoms with Gasteiger partial charge in [-0.1, -0.05) is 42.3 Å². The zero-order valence-corrected chi connectivity index (χ0v) is 31.2. The van der Waals surface area contributed by atoms with E-state index < -0.39 is 59.8 Å². The number of epoxide rings is 1. The van der Waals surface area contributed by atoms with Gasteiger partial charge in [0.15, 0.2) is 5.72 Å². The fourth-order valence-electron chi connectivity index (χ4n) is 6.58. The number of aliphatic hydroxyl groups is 1. The van der Waals surface area contributed by atoms with Gasteiger partial charge < -0.3 is 33.7 Å². The van der Waals surface area contributed by atoms with E-state index in [2.05, 4.69) is 5.32 Å². The Morgan fingerprint density at radius 1 is 1.24 bits per heavy atom. The smallest absolute Gasteiger partial charge is 0.409 e. The summed E-state index contributed by atoms with van der Waals surface area (Å²) in [6.45, 7) is 13.3. The number of methoxy groups -OCH3 is 2. The Balaban J connectivity index is 1.79. The van der Waals surface area contributed by atoms with Gasteiger partial charge >= 0.3 is 12.1 Å². The van der Waals surface area contributed by atoms with Crippen molar-refractivity contribution in [3.8, 4) is 5.75 Å². The van der Waals surface area contributed by atoms with Gasteiger partial charge in [0.05, 0.1) is 25.3 Å². The topological polar surface area (TPSA) is 139 Å². The normalized spacial score (nSPS) is 33.4. The number of alkyl carbamates (subject to hydrolysis) is 1. The molecule has 272 valence electrons. The highest BCUT2D eigenvalue weighted by molar-refractivity contribution is 6.35. The van der Waals surface area contributed by atoms with Crippen LogP contribution in [0.25, 0.3) is 0 Å². The summed E-state index contributed by atoms with van der Waals surface area (Å²) < 4.78 is 29.3. The largest absolute Gasteiger partial charge is 0.495 e. The van der Waals surface area contributed by atoms with Crippen molar-refractivity contribution in [1.82, 2.24) is 10.2 Å². The number of halogens is 1. The van der Waals surface area contributed by atoms with Gasteiger partial charge in [0.1, 0.15) is 40.7 Å². The molecule has 2 N–H and O–H groups in total. The number of carbonyl (C=O) groups excluding carboxylic acids is 3. The Bertz CT molecular complexity index is 1490. The molecule has 12 nitrogen and oxygen atoms in total. The maximum Gasteiger partial charge on any atom is 0.409 e. The Kier molecular flexibility index (Phi) is 11.5. The van der Waals surface area contributed by atoms with Gasteiger partial charge in [-0.25, -0.2) is 4.79 Å². The lowest BCUT2D eigenvalue weighted by Crippen LogP contribution is -2.63. The number of carbonyl (C=O) groups is 3. The summed E-state index contributed by atoms with van der Waals surface area (Å²) in [4.78, 5) is 43.9. The summed E-state index contributed by atoms with van der Waals surface area (Å²) in [6, 6.07) is 3.01. The van der Waals surface area contributed by atoms with Crippen LogP contribution in [0.2, 0.25) is 5.02 Å². The lowest BCUT2D eigenvalue weighted by Gasteiger charge is -2.42. The van der Waals surface area contributed by atoms with Crippen molar-refractivity contribution in [1.29, 1.82) is 0 Å². The van der Waals surface area contributed by atoms with Gasteiger partial charge in [-0.05, 0) is 72.7 Å². The van der Waals surface area contributed by atoms with Gasteiger partial charge in [0.25, 0.3) is 0 Å². The van der Waals surface area contributed by atoms with Crippen LogP contribution >= 0.6 is 11.6 Å². The molecule has 2 saturated heterocycles. The SMILES string of the molecule is COc1cc2cc(c1Cl)N(C)C(=O)C[C@H](OC(=O)[C@H](C)N(C)C(C)(C)C)[C@]1(C)OC1[C@H](C)[C@@H]1C[C@](O)(NC(=O)O1)[C@H](OC)/C=C/C=C(\C)C2. The van der Waals surface area contributed by atoms with E-state index >= 15 is 0 Å². The number of nitrogens with one attached hydrogen (secondary N) is 1. The average Bonchev–Trinajstić information content (AvgIpc) is 3.72. The van der Waals surface area contributed by atoms with Gasteiger partial charge in [0.2, 0.25) is 5.91 Å². The van der Waals surface area contributed by atoms with Crippen LogP contribution in [0, 0.1) is 5.92 Å². The molecule has 1 unspecified atom stereocenters. The second-order valence-electron chi connectivity index (χ2n) is 14.7. The van der Waals surface area contributed by atoms with Crippen LogP contribution in [0.1, 0.15) is 66.9 Å². The average molecular weight is 706 g/mol. The predicted molar refractivity (Wildman–Crippen MR) is 186 cm³/mol.